The number of hydrogen-bond acceptors (Lipinski definition) is 9. The van der Waals surface area contributed by atoms with Crippen molar-refractivity contribution < 1.29 is 31.4 Å². The van der Waals surface area contributed by atoms with Crippen molar-refractivity contribution in [2.24, 2.45) is 0 Å². The third-order valence-corrected chi connectivity index (χ3v) is 7.92. The lowest BCUT2D eigenvalue weighted by molar-refractivity contribution is -0.274. The molecule has 35 heavy (non-hydrogen) atoms. The van der Waals surface area contributed by atoms with Crippen molar-refractivity contribution in [2.75, 3.05) is 75.3 Å². The maximum absolute atomic E-state index is 12.9. The van der Waals surface area contributed by atoms with E-state index in [1.807, 2.05) is 17.0 Å². The molecule has 192 valence electrons. The Morgan fingerprint density at radius 2 is 1.34 bits per heavy atom. The van der Waals surface area contributed by atoms with Gasteiger partial charge in [0.15, 0.2) is 11.6 Å². The van der Waals surface area contributed by atoms with Crippen LogP contribution < -0.4 is 14.5 Å². The maximum atomic E-state index is 12.9. The predicted octanol–water partition coefficient (Wildman–Crippen LogP) is 1.00. The first-order valence-electron chi connectivity index (χ1n) is 11.2. The Morgan fingerprint density at radius 1 is 0.829 bits per heavy atom. The number of halogens is 3. The number of rotatable bonds is 7. The second kappa shape index (κ2) is 10.5. The lowest BCUT2D eigenvalue weighted by Crippen LogP contribution is -2.49. The molecule has 14 heteroatoms. The number of aliphatic hydroxyl groups excluding tert-OH is 1. The van der Waals surface area contributed by atoms with E-state index in [0.717, 1.165) is 56.3 Å². The molecule has 2 fully saturated rings. The number of piperazine rings is 2. The zero-order chi connectivity index (χ0) is 25.1. The number of aliphatic hydroxyl groups is 1. The first-order valence-corrected chi connectivity index (χ1v) is 12.6. The normalized spacial score (nSPS) is 18.6. The molecule has 0 unspecified atom stereocenters. The predicted molar refractivity (Wildman–Crippen MR) is 122 cm³/mol. The molecule has 10 nitrogen and oxygen atoms in total. The lowest BCUT2D eigenvalue weighted by atomic mass is 10.3. The number of anilines is 2. The highest BCUT2D eigenvalue weighted by Gasteiger charge is 2.32. The molecule has 0 radical (unpaired) electrons. The summed E-state index contributed by atoms with van der Waals surface area (Å²) in [7, 11) is -3.85. The third-order valence-electron chi connectivity index (χ3n) is 6.01. The topological polar surface area (TPSA) is 102 Å². The number of nitrogens with zero attached hydrogens (tertiary/aromatic N) is 6. The largest absolute Gasteiger partial charge is 0.573 e. The molecule has 2 aliphatic heterocycles. The molecule has 3 heterocycles. The van der Waals surface area contributed by atoms with E-state index in [4.69, 9.17) is 5.11 Å². The van der Waals surface area contributed by atoms with Crippen LogP contribution in [0.2, 0.25) is 0 Å². The van der Waals surface area contributed by atoms with Gasteiger partial charge in [-0.15, -0.1) is 23.4 Å². The SMILES string of the molecule is O=S(=O)(c1ccc(OC(F)(F)F)cc1)N1CCN(c2ccc(N3CCN(CCO)CC3)nn2)CC1. The van der Waals surface area contributed by atoms with Crippen LogP contribution in [0.3, 0.4) is 0 Å². The van der Waals surface area contributed by atoms with Crippen molar-refractivity contribution in [1.82, 2.24) is 19.4 Å². The van der Waals surface area contributed by atoms with Crippen molar-refractivity contribution in [3.05, 3.63) is 36.4 Å². The summed E-state index contributed by atoms with van der Waals surface area (Å²) in [5.41, 5.74) is 0. The molecule has 2 saturated heterocycles. The average molecular weight is 517 g/mol. The van der Waals surface area contributed by atoms with Crippen molar-refractivity contribution in [1.29, 1.82) is 0 Å². The van der Waals surface area contributed by atoms with Crippen molar-refractivity contribution in [2.45, 2.75) is 11.3 Å². The van der Waals surface area contributed by atoms with Gasteiger partial charge in [0, 0.05) is 58.9 Å². The molecule has 0 aliphatic carbocycles. The fourth-order valence-corrected chi connectivity index (χ4v) is 5.54. The van der Waals surface area contributed by atoms with Crippen LogP contribution in [0.4, 0.5) is 24.8 Å². The van der Waals surface area contributed by atoms with E-state index in [-0.39, 0.29) is 24.6 Å². The molecular formula is C21H27F3N6O4S. The van der Waals surface area contributed by atoms with E-state index >= 15 is 0 Å². The monoisotopic (exact) mass is 516 g/mol. The molecular weight excluding hydrogens is 489 g/mol. The number of benzene rings is 1. The fourth-order valence-electron chi connectivity index (χ4n) is 4.12. The van der Waals surface area contributed by atoms with Gasteiger partial charge in [-0.05, 0) is 36.4 Å². The molecule has 0 spiro atoms. The van der Waals surface area contributed by atoms with E-state index < -0.39 is 22.1 Å². The minimum absolute atomic E-state index is 0.0938. The molecule has 4 rings (SSSR count). The van der Waals surface area contributed by atoms with Gasteiger partial charge in [-0.2, -0.15) is 4.31 Å². The Labute approximate surface area is 201 Å². The summed E-state index contributed by atoms with van der Waals surface area (Å²) in [6, 6.07) is 7.96. The zero-order valence-corrected chi connectivity index (χ0v) is 19.7. The smallest absolute Gasteiger partial charge is 0.406 e. The Kier molecular flexibility index (Phi) is 7.64. The molecule has 0 amide bonds. The highest BCUT2D eigenvalue weighted by atomic mass is 32.2. The van der Waals surface area contributed by atoms with Gasteiger partial charge in [0.25, 0.3) is 0 Å². The lowest BCUT2D eigenvalue weighted by Gasteiger charge is -2.36. The van der Waals surface area contributed by atoms with Crippen LogP contribution in [0, 0.1) is 0 Å². The van der Waals surface area contributed by atoms with Crippen LogP contribution >= 0.6 is 0 Å². The second-order valence-electron chi connectivity index (χ2n) is 8.21. The van der Waals surface area contributed by atoms with E-state index in [1.165, 1.54) is 4.31 Å². The van der Waals surface area contributed by atoms with Crippen molar-refractivity contribution >= 4 is 21.7 Å². The Balaban J connectivity index is 1.32. The summed E-state index contributed by atoms with van der Waals surface area (Å²) in [6.45, 7) is 5.33. The van der Waals surface area contributed by atoms with Crippen molar-refractivity contribution in [3.8, 4) is 5.75 Å². The van der Waals surface area contributed by atoms with Gasteiger partial charge < -0.3 is 19.6 Å². The van der Waals surface area contributed by atoms with Crippen molar-refractivity contribution in [3.63, 3.8) is 0 Å². The quantitative estimate of drug-likeness (QED) is 0.578. The van der Waals surface area contributed by atoms with Gasteiger partial charge in [0.05, 0.1) is 11.5 Å². The van der Waals surface area contributed by atoms with Gasteiger partial charge in [-0.3, -0.25) is 4.90 Å². The number of ether oxygens (including phenoxy) is 1. The molecule has 1 aromatic carbocycles. The first-order chi connectivity index (χ1) is 16.7. The van der Waals surface area contributed by atoms with Crippen LogP contribution in [0.5, 0.6) is 5.75 Å². The van der Waals surface area contributed by atoms with Crippen LogP contribution in [0.1, 0.15) is 0 Å². The van der Waals surface area contributed by atoms with Crippen LogP contribution in [-0.4, -0.2) is 105 Å². The average Bonchev–Trinajstić information content (AvgIpc) is 2.84. The fraction of sp³-hybridized carbons (Fsp3) is 0.524. The first kappa shape index (κ1) is 25.4. The van der Waals surface area contributed by atoms with E-state index in [2.05, 4.69) is 24.7 Å². The molecule has 2 aromatic rings. The van der Waals surface area contributed by atoms with Gasteiger partial charge in [-0.1, -0.05) is 0 Å². The van der Waals surface area contributed by atoms with Crippen LogP contribution in [0.25, 0.3) is 0 Å². The summed E-state index contributed by atoms with van der Waals surface area (Å²) in [5.74, 6) is 0.949. The summed E-state index contributed by atoms with van der Waals surface area (Å²) < 4.78 is 67.9. The Bertz CT molecular complexity index is 1070. The molecule has 0 atom stereocenters. The third kappa shape index (κ3) is 6.31. The standard InChI is InChI=1S/C21H27F3N6O4S/c22-21(23,24)34-17-1-3-18(4-2-17)35(32,33)30-13-11-29(12-14-30)20-6-5-19(25-26-20)28-9-7-27(8-10-28)15-16-31/h1-6,31H,7-16H2. The zero-order valence-electron chi connectivity index (χ0n) is 18.9. The number of hydrogen-bond donors (Lipinski definition) is 1. The number of sulfonamides is 1. The number of aromatic nitrogens is 2. The molecule has 1 aromatic heterocycles. The van der Waals surface area contributed by atoms with Crippen LogP contribution in [0.15, 0.2) is 41.3 Å². The highest BCUT2D eigenvalue weighted by Crippen LogP contribution is 2.26. The van der Waals surface area contributed by atoms with Gasteiger partial charge in [0.1, 0.15) is 5.75 Å². The molecule has 2 aliphatic rings. The van der Waals surface area contributed by atoms with Gasteiger partial charge >= 0.3 is 6.36 Å². The Hall–Kier alpha value is -2.68. The number of alkyl halides is 3. The van der Waals surface area contributed by atoms with Gasteiger partial charge in [0.2, 0.25) is 10.0 Å². The number of β-amino-alcohol motifs (C(OH)–C–C–N with tert-alkyl or cyclic N) is 1. The Morgan fingerprint density at radius 3 is 1.80 bits per heavy atom. The maximum Gasteiger partial charge on any atom is 0.573 e. The van der Waals surface area contributed by atoms with E-state index in [9.17, 15) is 21.6 Å². The molecule has 1 N–H and O–H groups in total. The van der Waals surface area contributed by atoms with Crippen LogP contribution in [-0.2, 0) is 10.0 Å². The molecule has 0 saturated carbocycles. The summed E-state index contributed by atoms with van der Waals surface area (Å²) in [6.07, 6.45) is -4.84. The summed E-state index contributed by atoms with van der Waals surface area (Å²) in [4.78, 5) is 6.18. The van der Waals surface area contributed by atoms with E-state index in [0.29, 0.717) is 25.5 Å². The van der Waals surface area contributed by atoms with E-state index in [1.54, 1.807) is 0 Å². The van der Waals surface area contributed by atoms with Gasteiger partial charge in [-0.25, -0.2) is 8.42 Å². The summed E-state index contributed by atoms with van der Waals surface area (Å²) >= 11 is 0. The second-order valence-corrected chi connectivity index (χ2v) is 10.2. The summed E-state index contributed by atoms with van der Waals surface area (Å²) in [5, 5.41) is 17.7. The minimum atomic E-state index is -4.84. The highest BCUT2D eigenvalue weighted by molar-refractivity contribution is 7.89. The minimum Gasteiger partial charge on any atom is -0.406 e. The molecule has 0 bridgehead atoms.